The van der Waals surface area contributed by atoms with E-state index in [0.29, 0.717) is 12.6 Å². The van der Waals surface area contributed by atoms with Gasteiger partial charge in [-0.05, 0) is 37.5 Å². The Balaban J connectivity index is 1.80. The molecule has 1 unspecified atom stereocenters. The lowest BCUT2D eigenvalue weighted by Crippen LogP contribution is -2.36. The topological polar surface area (TPSA) is 41.1 Å². The lowest BCUT2D eigenvalue weighted by molar-refractivity contribution is -0.120. The van der Waals surface area contributed by atoms with Gasteiger partial charge in [-0.3, -0.25) is 4.79 Å². The molecule has 0 aromatic heterocycles. The summed E-state index contributed by atoms with van der Waals surface area (Å²) < 4.78 is 12.7. The molecule has 0 spiro atoms. The highest BCUT2D eigenvalue weighted by Gasteiger charge is 2.21. The van der Waals surface area contributed by atoms with Crippen molar-refractivity contribution in [3.05, 3.63) is 35.6 Å². The molecule has 1 atom stereocenters. The van der Waals surface area contributed by atoms with Crippen LogP contribution < -0.4 is 10.6 Å². The van der Waals surface area contributed by atoms with Crippen LogP contribution in [0.4, 0.5) is 4.39 Å². The zero-order valence-corrected chi connectivity index (χ0v) is 9.87. The molecule has 0 saturated heterocycles. The molecule has 0 bridgehead atoms. The molecule has 2 N–H and O–H groups in total. The van der Waals surface area contributed by atoms with Gasteiger partial charge in [-0.15, -0.1) is 0 Å². The predicted octanol–water partition coefficient (Wildman–Crippen LogP) is 1.75. The molecular formula is C13H17FN2O. The average Bonchev–Trinajstić information content (AvgIpc) is 3.11. The minimum absolute atomic E-state index is 0.0197. The summed E-state index contributed by atoms with van der Waals surface area (Å²) in [5.41, 5.74) is 0.908. The lowest BCUT2D eigenvalue weighted by Gasteiger charge is -2.14. The first kappa shape index (κ1) is 12.0. The number of hydrogen-bond donors (Lipinski definition) is 2. The Morgan fingerprint density at radius 1 is 1.41 bits per heavy atom. The van der Waals surface area contributed by atoms with E-state index >= 15 is 0 Å². The van der Waals surface area contributed by atoms with E-state index in [-0.39, 0.29) is 17.8 Å². The fourth-order valence-electron chi connectivity index (χ4n) is 1.65. The van der Waals surface area contributed by atoms with Gasteiger partial charge in [0.1, 0.15) is 5.82 Å². The number of amides is 1. The van der Waals surface area contributed by atoms with Crippen molar-refractivity contribution in [1.29, 1.82) is 0 Å². The maximum Gasteiger partial charge on any atom is 0.234 e. The Kier molecular flexibility index (Phi) is 3.74. The van der Waals surface area contributed by atoms with Crippen LogP contribution in [0.15, 0.2) is 24.3 Å². The van der Waals surface area contributed by atoms with E-state index in [9.17, 15) is 9.18 Å². The van der Waals surface area contributed by atoms with Crippen molar-refractivity contribution in [2.24, 2.45) is 0 Å². The number of carbonyl (C=O) groups excluding carboxylic acids is 1. The first-order valence-electron chi connectivity index (χ1n) is 5.93. The standard InChI is InChI=1S/C13H17FN2O/c1-9(10-2-4-11(14)5-3-10)16-13(17)8-15-12-6-7-12/h2-5,9,12,15H,6-8H2,1H3,(H,16,17). The van der Waals surface area contributed by atoms with Crippen LogP contribution in [0, 0.1) is 5.82 Å². The van der Waals surface area contributed by atoms with Gasteiger partial charge in [0.2, 0.25) is 5.91 Å². The van der Waals surface area contributed by atoms with E-state index in [1.807, 2.05) is 6.92 Å². The second-order valence-electron chi connectivity index (χ2n) is 4.50. The van der Waals surface area contributed by atoms with Gasteiger partial charge in [0.15, 0.2) is 0 Å². The molecule has 1 amide bonds. The third-order valence-electron chi connectivity index (χ3n) is 2.88. The number of rotatable bonds is 5. The number of carbonyl (C=O) groups is 1. The molecule has 1 aliphatic rings. The van der Waals surface area contributed by atoms with E-state index in [4.69, 9.17) is 0 Å². The van der Waals surface area contributed by atoms with Gasteiger partial charge in [0.25, 0.3) is 0 Å². The van der Waals surface area contributed by atoms with Crippen molar-refractivity contribution in [3.8, 4) is 0 Å². The molecule has 3 nitrogen and oxygen atoms in total. The normalized spacial score (nSPS) is 16.6. The Morgan fingerprint density at radius 3 is 2.65 bits per heavy atom. The van der Waals surface area contributed by atoms with Crippen LogP contribution in [0.25, 0.3) is 0 Å². The van der Waals surface area contributed by atoms with Crippen molar-refractivity contribution < 1.29 is 9.18 Å². The third-order valence-corrected chi connectivity index (χ3v) is 2.88. The molecule has 17 heavy (non-hydrogen) atoms. The van der Waals surface area contributed by atoms with Crippen molar-refractivity contribution in [2.75, 3.05) is 6.54 Å². The third kappa shape index (κ3) is 3.82. The molecule has 0 radical (unpaired) electrons. The van der Waals surface area contributed by atoms with Crippen molar-refractivity contribution >= 4 is 5.91 Å². The van der Waals surface area contributed by atoms with E-state index in [0.717, 1.165) is 5.56 Å². The molecule has 1 fully saturated rings. The van der Waals surface area contributed by atoms with Crippen LogP contribution in [0.5, 0.6) is 0 Å². The Labute approximate surface area is 100 Å². The van der Waals surface area contributed by atoms with Gasteiger partial charge < -0.3 is 10.6 Å². The molecule has 0 aliphatic heterocycles. The summed E-state index contributed by atoms with van der Waals surface area (Å²) in [5, 5.41) is 6.03. The molecule has 92 valence electrons. The smallest absolute Gasteiger partial charge is 0.234 e. The average molecular weight is 236 g/mol. The van der Waals surface area contributed by atoms with Crippen LogP contribution in [0.1, 0.15) is 31.4 Å². The summed E-state index contributed by atoms with van der Waals surface area (Å²) in [5.74, 6) is -0.281. The Morgan fingerprint density at radius 2 is 2.06 bits per heavy atom. The summed E-state index contributed by atoms with van der Waals surface area (Å²) in [6.07, 6.45) is 2.33. The lowest BCUT2D eigenvalue weighted by atomic mass is 10.1. The van der Waals surface area contributed by atoms with Crippen LogP contribution in [-0.4, -0.2) is 18.5 Å². The molecule has 1 aromatic carbocycles. The van der Waals surface area contributed by atoms with Gasteiger partial charge in [-0.1, -0.05) is 12.1 Å². The summed E-state index contributed by atoms with van der Waals surface area (Å²) in [7, 11) is 0. The van der Waals surface area contributed by atoms with E-state index in [1.165, 1.54) is 25.0 Å². The second-order valence-corrected chi connectivity index (χ2v) is 4.50. The quantitative estimate of drug-likeness (QED) is 0.818. The van der Waals surface area contributed by atoms with Crippen LogP contribution >= 0.6 is 0 Å². The molecular weight excluding hydrogens is 219 g/mol. The number of hydrogen-bond acceptors (Lipinski definition) is 2. The highest BCUT2D eigenvalue weighted by atomic mass is 19.1. The highest BCUT2D eigenvalue weighted by molar-refractivity contribution is 5.78. The van der Waals surface area contributed by atoms with Crippen molar-refractivity contribution in [1.82, 2.24) is 10.6 Å². The molecule has 1 aliphatic carbocycles. The Bertz CT molecular complexity index is 387. The SMILES string of the molecule is CC(NC(=O)CNC1CC1)c1ccc(F)cc1. The summed E-state index contributed by atoms with van der Waals surface area (Å²) in [4.78, 5) is 11.6. The highest BCUT2D eigenvalue weighted by Crippen LogP contribution is 2.18. The maximum absolute atomic E-state index is 12.7. The monoisotopic (exact) mass is 236 g/mol. The van der Waals surface area contributed by atoms with Gasteiger partial charge >= 0.3 is 0 Å². The van der Waals surface area contributed by atoms with E-state index in [2.05, 4.69) is 10.6 Å². The first-order valence-corrected chi connectivity index (χ1v) is 5.93. The van der Waals surface area contributed by atoms with E-state index in [1.54, 1.807) is 12.1 Å². The van der Waals surface area contributed by atoms with Gasteiger partial charge in [0.05, 0.1) is 12.6 Å². The van der Waals surface area contributed by atoms with Crippen LogP contribution in [0.3, 0.4) is 0 Å². The number of nitrogens with one attached hydrogen (secondary N) is 2. The molecule has 1 saturated carbocycles. The number of benzene rings is 1. The molecule has 1 aromatic rings. The summed E-state index contributed by atoms with van der Waals surface area (Å²) in [6.45, 7) is 2.25. The van der Waals surface area contributed by atoms with Crippen LogP contribution in [0.2, 0.25) is 0 Å². The zero-order valence-electron chi connectivity index (χ0n) is 9.87. The van der Waals surface area contributed by atoms with Crippen molar-refractivity contribution in [3.63, 3.8) is 0 Å². The zero-order chi connectivity index (χ0) is 12.3. The minimum atomic E-state index is -0.261. The van der Waals surface area contributed by atoms with Gasteiger partial charge in [0, 0.05) is 6.04 Å². The fraction of sp³-hybridized carbons (Fsp3) is 0.462. The van der Waals surface area contributed by atoms with Crippen LogP contribution in [-0.2, 0) is 4.79 Å². The fourth-order valence-corrected chi connectivity index (χ4v) is 1.65. The predicted molar refractivity (Wildman–Crippen MR) is 64.0 cm³/mol. The summed E-state index contributed by atoms with van der Waals surface area (Å²) >= 11 is 0. The van der Waals surface area contributed by atoms with Crippen molar-refractivity contribution in [2.45, 2.75) is 31.8 Å². The largest absolute Gasteiger partial charge is 0.348 e. The Hall–Kier alpha value is -1.42. The second kappa shape index (κ2) is 5.27. The van der Waals surface area contributed by atoms with Gasteiger partial charge in [-0.2, -0.15) is 0 Å². The first-order chi connectivity index (χ1) is 8.15. The minimum Gasteiger partial charge on any atom is -0.348 e. The molecule has 2 rings (SSSR count). The number of halogens is 1. The molecule has 4 heteroatoms. The van der Waals surface area contributed by atoms with Gasteiger partial charge in [-0.25, -0.2) is 4.39 Å². The maximum atomic E-state index is 12.7. The molecule has 0 heterocycles. The summed E-state index contributed by atoms with van der Waals surface area (Å²) in [6, 6.07) is 6.62. The van der Waals surface area contributed by atoms with E-state index < -0.39 is 0 Å².